The fourth-order valence-corrected chi connectivity index (χ4v) is 1.75. The highest BCUT2D eigenvalue weighted by atomic mass is 15.3. The summed E-state index contributed by atoms with van der Waals surface area (Å²) in [5.74, 6) is 1.39. The number of nitrogens with two attached hydrogens (primary N) is 1. The van der Waals surface area contributed by atoms with Crippen molar-refractivity contribution in [2.24, 2.45) is 5.73 Å². The van der Waals surface area contributed by atoms with Crippen LogP contribution in [-0.2, 0) is 6.54 Å². The van der Waals surface area contributed by atoms with Gasteiger partial charge < -0.3 is 5.73 Å². The predicted octanol–water partition coefficient (Wildman–Crippen LogP) is 0.998. The second kappa shape index (κ2) is 3.68. The molecule has 1 aliphatic rings. The van der Waals surface area contributed by atoms with Crippen LogP contribution < -0.4 is 5.73 Å². The summed E-state index contributed by atoms with van der Waals surface area (Å²) < 4.78 is 1.77. The van der Waals surface area contributed by atoms with Gasteiger partial charge in [-0.15, -0.1) is 0 Å². The highest BCUT2D eigenvalue weighted by Gasteiger charge is 2.26. The smallest absolute Gasteiger partial charge is 0.176 e. The molecule has 0 unspecified atom stereocenters. The average molecular weight is 215 g/mol. The summed E-state index contributed by atoms with van der Waals surface area (Å²) in [6, 6.07) is 2.05. The lowest BCUT2D eigenvalue weighted by Gasteiger charge is -2.04. The fourth-order valence-electron chi connectivity index (χ4n) is 1.75. The molecule has 82 valence electrons. The maximum absolute atomic E-state index is 5.62. The molecular formula is C11H13N5. The Hall–Kier alpha value is -1.75. The van der Waals surface area contributed by atoms with Crippen LogP contribution in [0.1, 0.15) is 30.1 Å². The van der Waals surface area contributed by atoms with E-state index in [9.17, 15) is 0 Å². The Kier molecular flexibility index (Phi) is 2.18. The van der Waals surface area contributed by atoms with E-state index >= 15 is 0 Å². The second-order valence-electron chi connectivity index (χ2n) is 3.99. The molecule has 2 aromatic heterocycles. The predicted molar refractivity (Wildman–Crippen MR) is 59.0 cm³/mol. The van der Waals surface area contributed by atoms with E-state index in [-0.39, 0.29) is 0 Å². The Morgan fingerprint density at radius 1 is 1.31 bits per heavy atom. The highest BCUT2D eigenvalue weighted by Crippen LogP contribution is 2.38. The summed E-state index contributed by atoms with van der Waals surface area (Å²) in [5, 5.41) is 4.51. The van der Waals surface area contributed by atoms with E-state index in [1.54, 1.807) is 17.1 Å². The average Bonchev–Trinajstić information content (AvgIpc) is 3.07. The van der Waals surface area contributed by atoms with Crippen molar-refractivity contribution in [1.29, 1.82) is 0 Å². The van der Waals surface area contributed by atoms with Crippen molar-refractivity contribution in [3.8, 4) is 5.82 Å². The molecule has 0 spiro atoms. The van der Waals surface area contributed by atoms with Crippen LogP contribution in [0.5, 0.6) is 0 Å². The lowest BCUT2D eigenvalue weighted by atomic mass is 10.3. The lowest BCUT2D eigenvalue weighted by molar-refractivity contribution is 0.781. The third-order valence-electron chi connectivity index (χ3n) is 2.77. The van der Waals surface area contributed by atoms with Crippen LogP contribution >= 0.6 is 0 Å². The molecule has 0 aliphatic heterocycles. The van der Waals surface area contributed by atoms with Gasteiger partial charge in [-0.2, -0.15) is 5.10 Å². The normalized spacial score (nSPS) is 15.3. The molecule has 0 radical (unpaired) electrons. The van der Waals surface area contributed by atoms with Crippen LogP contribution in [0.2, 0.25) is 0 Å². The van der Waals surface area contributed by atoms with Gasteiger partial charge in [0, 0.05) is 31.1 Å². The minimum absolute atomic E-state index is 0.377. The quantitative estimate of drug-likeness (QED) is 0.829. The molecule has 0 bridgehead atoms. The first-order chi connectivity index (χ1) is 7.88. The SMILES string of the molecule is NCc1nccnc1-n1ccc(C2CC2)n1. The standard InChI is InChI=1S/C11H13N5/c12-7-10-11(14-5-4-13-10)16-6-3-9(15-16)8-1-2-8/h3-6,8H,1-2,7,12H2. The molecule has 5 nitrogen and oxygen atoms in total. The van der Waals surface area contributed by atoms with Crippen molar-refractivity contribution >= 4 is 0 Å². The first-order valence-corrected chi connectivity index (χ1v) is 5.44. The Morgan fingerprint density at radius 2 is 2.12 bits per heavy atom. The molecule has 0 saturated heterocycles. The number of hydrogen-bond acceptors (Lipinski definition) is 4. The van der Waals surface area contributed by atoms with E-state index < -0.39 is 0 Å². The van der Waals surface area contributed by atoms with Crippen LogP contribution in [0, 0.1) is 0 Å². The molecule has 16 heavy (non-hydrogen) atoms. The van der Waals surface area contributed by atoms with Gasteiger partial charge >= 0.3 is 0 Å². The zero-order valence-electron chi connectivity index (χ0n) is 8.87. The molecular weight excluding hydrogens is 202 g/mol. The van der Waals surface area contributed by atoms with Gasteiger partial charge in [0.05, 0.1) is 11.4 Å². The summed E-state index contributed by atoms with van der Waals surface area (Å²) in [6.45, 7) is 0.377. The Labute approximate surface area is 93.3 Å². The zero-order valence-corrected chi connectivity index (χ0v) is 8.87. The summed E-state index contributed by atoms with van der Waals surface area (Å²) >= 11 is 0. The van der Waals surface area contributed by atoms with Crippen LogP contribution in [0.15, 0.2) is 24.7 Å². The molecule has 0 amide bonds. The van der Waals surface area contributed by atoms with E-state index in [1.807, 2.05) is 12.3 Å². The van der Waals surface area contributed by atoms with Gasteiger partial charge in [0.25, 0.3) is 0 Å². The molecule has 5 heteroatoms. The third kappa shape index (κ3) is 1.59. The van der Waals surface area contributed by atoms with E-state index in [4.69, 9.17) is 5.73 Å². The summed E-state index contributed by atoms with van der Waals surface area (Å²) in [7, 11) is 0. The van der Waals surface area contributed by atoms with Crippen molar-refractivity contribution in [3.63, 3.8) is 0 Å². The molecule has 2 aromatic rings. The topological polar surface area (TPSA) is 69.6 Å². The van der Waals surface area contributed by atoms with Crippen LogP contribution in [0.4, 0.5) is 0 Å². The van der Waals surface area contributed by atoms with Crippen LogP contribution in [-0.4, -0.2) is 19.7 Å². The molecule has 1 fully saturated rings. The first kappa shape index (κ1) is 9.47. The van der Waals surface area contributed by atoms with E-state index in [2.05, 4.69) is 15.1 Å². The highest BCUT2D eigenvalue weighted by molar-refractivity contribution is 5.28. The van der Waals surface area contributed by atoms with Gasteiger partial charge in [-0.1, -0.05) is 0 Å². The monoisotopic (exact) mass is 215 g/mol. The van der Waals surface area contributed by atoms with Crippen molar-refractivity contribution in [2.75, 3.05) is 0 Å². The zero-order chi connectivity index (χ0) is 11.0. The largest absolute Gasteiger partial charge is 0.325 e. The van der Waals surface area contributed by atoms with Crippen LogP contribution in [0.3, 0.4) is 0 Å². The molecule has 1 saturated carbocycles. The summed E-state index contributed by atoms with van der Waals surface area (Å²) in [4.78, 5) is 8.47. The Balaban J connectivity index is 2.00. The number of nitrogens with zero attached hydrogens (tertiary/aromatic N) is 4. The van der Waals surface area contributed by atoms with Gasteiger partial charge in [-0.25, -0.2) is 9.67 Å². The third-order valence-corrected chi connectivity index (χ3v) is 2.77. The van der Waals surface area contributed by atoms with Crippen molar-refractivity contribution in [3.05, 3.63) is 36.0 Å². The van der Waals surface area contributed by atoms with E-state index in [0.29, 0.717) is 12.5 Å². The molecule has 0 aromatic carbocycles. The summed E-state index contributed by atoms with van der Waals surface area (Å²) in [5.41, 5.74) is 7.54. The van der Waals surface area contributed by atoms with E-state index in [1.165, 1.54) is 12.8 Å². The van der Waals surface area contributed by atoms with Gasteiger partial charge in [0.15, 0.2) is 5.82 Å². The van der Waals surface area contributed by atoms with E-state index in [0.717, 1.165) is 17.2 Å². The number of rotatable bonds is 3. The first-order valence-electron chi connectivity index (χ1n) is 5.44. The van der Waals surface area contributed by atoms with Gasteiger partial charge in [0.1, 0.15) is 0 Å². The maximum Gasteiger partial charge on any atom is 0.176 e. The number of hydrogen-bond donors (Lipinski definition) is 1. The second-order valence-corrected chi connectivity index (χ2v) is 3.99. The maximum atomic E-state index is 5.62. The molecule has 2 N–H and O–H groups in total. The van der Waals surface area contributed by atoms with Crippen molar-refractivity contribution < 1.29 is 0 Å². The van der Waals surface area contributed by atoms with Crippen molar-refractivity contribution in [2.45, 2.75) is 25.3 Å². The van der Waals surface area contributed by atoms with Gasteiger partial charge in [0.2, 0.25) is 0 Å². The Bertz CT molecular complexity index is 501. The van der Waals surface area contributed by atoms with Crippen molar-refractivity contribution in [1.82, 2.24) is 19.7 Å². The minimum atomic E-state index is 0.377. The molecule has 2 heterocycles. The Morgan fingerprint density at radius 3 is 2.88 bits per heavy atom. The molecule has 3 rings (SSSR count). The minimum Gasteiger partial charge on any atom is -0.325 e. The van der Waals surface area contributed by atoms with Crippen LogP contribution in [0.25, 0.3) is 5.82 Å². The fraction of sp³-hybridized carbons (Fsp3) is 0.364. The number of aromatic nitrogens is 4. The molecule has 0 atom stereocenters. The van der Waals surface area contributed by atoms with Gasteiger partial charge in [-0.3, -0.25) is 4.98 Å². The lowest BCUT2D eigenvalue weighted by Crippen LogP contribution is -2.09. The summed E-state index contributed by atoms with van der Waals surface area (Å²) in [6.07, 6.45) is 7.74. The molecule has 1 aliphatic carbocycles. The van der Waals surface area contributed by atoms with Gasteiger partial charge in [-0.05, 0) is 18.9 Å².